The van der Waals surface area contributed by atoms with Crippen LogP contribution in [0, 0.1) is 0 Å². The van der Waals surface area contributed by atoms with Crippen molar-refractivity contribution in [2.75, 3.05) is 0 Å². The van der Waals surface area contributed by atoms with Crippen LogP contribution in [0.25, 0.3) is 16.8 Å². The van der Waals surface area contributed by atoms with Crippen LogP contribution in [0.3, 0.4) is 0 Å². The Hall–Kier alpha value is -2.37. The van der Waals surface area contributed by atoms with Gasteiger partial charge in [0.15, 0.2) is 0 Å². The molecule has 1 saturated heterocycles. The van der Waals surface area contributed by atoms with Crippen molar-refractivity contribution >= 4 is 55.7 Å². The molecule has 0 aliphatic carbocycles. The van der Waals surface area contributed by atoms with Crippen molar-refractivity contribution in [3.8, 4) is 0 Å². The lowest BCUT2D eigenvalue weighted by atomic mass is 10.0. The molecule has 26 heavy (non-hydrogen) atoms. The SMILES string of the molecule is O=C1S/C(=C/c2cccc3ccccc23)C(=O)N1Cc1cccc(Br)c1. The predicted octanol–water partition coefficient (Wildman–Crippen LogP) is 5.84. The maximum atomic E-state index is 12.7. The predicted molar refractivity (Wildman–Crippen MR) is 110 cm³/mol. The molecule has 1 heterocycles. The maximum Gasteiger partial charge on any atom is 0.293 e. The van der Waals surface area contributed by atoms with E-state index in [4.69, 9.17) is 0 Å². The first-order valence-electron chi connectivity index (χ1n) is 8.09. The van der Waals surface area contributed by atoms with Gasteiger partial charge in [-0.1, -0.05) is 70.5 Å². The fourth-order valence-electron chi connectivity index (χ4n) is 2.97. The highest BCUT2D eigenvalue weighted by atomic mass is 79.9. The number of thioether (sulfide) groups is 1. The summed E-state index contributed by atoms with van der Waals surface area (Å²) in [5.41, 5.74) is 1.85. The summed E-state index contributed by atoms with van der Waals surface area (Å²) in [5.74, 6) is -0.243. The number of carbonyl (C=O) groups excluding carboxylic acids is 2. The van der Waals surface area contributed by atoms with E-state index in [9.17, 15) is 9.59 Å². The second-order valence-corrected chi connectivity index (χ2v) is 7.88. The van der Waals surface area contributed by atoms with E-state index in [1.165, 1.54) is 4.90 Å². The zero-order chi connectivity index (χ0) is 18.1. The monoisotopic (exact) mass is 423 g/mol. The van der Waals surface area contributed by atoms with Crippen LogP contribution in [0.4, 0.5) is 4.79 Å². The van der Waals surface area contributed by atoms with E-state index < -0.39 is 0 Å². The summed E-state index contributed by atoms with van der Waals surface area (Å²) in [4.78, 5) is 26.9. The normalized spacial score (nSPS) is 16.0. The summed E-state index contributed by atoms with van der Waals surface area (Å²) in [5, 5.41) is 1.94. The molecule has 0 unspecified atom stereocenters. The van der Waals surface area contributed by atoms with E-state index in [2.05, 4.69) is 15.9 Å². The van der Waals surface area contributed by atoms with Gasteiger partial charge in [-0.15, -0.1) is 0 Å². The molecule has 0 saturated carbocycles. The minimum Gasteiger partial charge on any atom is -0.268 e. The highest BCUT2D eigenvalue weighted by Crippen LogP contribution is 2.34. The van der Waals surface area contributed by atoms with Crippen molar-refractivity contribution in [1.29, 1.82) is 0 Å². The molecule has 0 aromatic heterocycles. The summed E-state index contributed by atoms with van der Waals surface area (Å²) in [6.45, 7) is 0.275. The summed E-state index contributed by atoms with van der Waals surface area (Å²) in [6, 6.07) is 21.6. The molecule has 1 fully saturated rings. The van der Waals surface area contributed by atoms with Gasteiger partial charge >= 0.3 is 0 Å². The molecule has 0 spiro atoms. The molecule has 0 bridgehead atoms. The fourth-order valence-corrected chi connectivity index (χ4v) is 4.25. The Kier molecular flexibility index (Phi) is 4.66. The first kappa shape index (κ1) is 17.1. The Labute approximate surface area is 163 Å². The van der Waals surface area contributed by atoms with Crippen LogP contribution >= 0.6 is 27.7 Å². The van der Waals surface area contributed by atoms with Crippen LogP contribution in [-0.2, 0) is 11.3 Å². The van der Waals surface area contributed by atoms with Crippen LogP contribution in [0.5, 0.6) is 0 Å². The summed E-state index contributed by atoms with van der Waals surface area (Å²) < 4.78 is 0.924. The lowest BCUT2D eigenvalue weighted by Crippen LogP contribution is -2.27. The zero-order valence-corrected chi connectivity index (χ0v) is 16.1. The average molecular weight is 424 g/mol. The largest absolute Gasteiger partial charge is 0.293 e. The van der Waals surface area contributed by atoms with E-state index in [1.54, 1.807) is 0 Å². The first-order chi connectivity index (χ1) is 12.6. The fraction of sp³-hybridized carbons (Fsp3) is 0.0476. The van der Waals surface area contributed by atoms with Gasteiger partial charge in [0.1, 0.15) is 0 Å². The summed E-state index contributed by atoms with van der Waals surface area (Å²) >= 11 is 4.41. The zero-order valence-electron chi connectivity index (χ0n) is 13.7. The molecule has 128 valence electrons. The van der Waals surface area contributed by atoms with E-state index in [-0.39, 0.29) is 17.7 Å². The van der Waals surface area contributed by atoms with Gasteiger partial charge in [0.25, 0.3) is 11.1 Å². The summed E-state index contributed by atoms with van der Waals surface area (Å²) in [7, 11) is 0. The molecule has 5 heteroatoms. The molecule has 3 aromatic carbocycles. The molecule has 1 aliphatic rings. The molecule has 1 aliphatic heterocycles. The minimum absolute atomic E-state index is 0.235. The minimum atomic E-state index is -0.243. The van der Waals surface area contributed by atoms with E-state index in [0.717, 1.165) is 38.1 Å². The van der Waals surface area contributed by atoms with Crippen molar-refractivity contribution in [2.24, 2.45) is 0 Å². The highest BCUT2D eigenvalue weighted by Gasteiger charge is 2.35. The number of hydrogen-bond acceptors (Lipinski definition) is 3. The smallest absolute Gasteiger partial charge is 0.268 e. The van der Waals surface area contributed by atoms with Crippen LogP contribution in [0.2, 0.25) is 0 Å². The van der Waals surface area contributed by atoms with Crippen molar-refractivity contribution in [3.63, 3.8) is 0 Å². The Morgan fingerprint density at radius 1 is 0.962 bits per heavy atom. The number of nitrogens with zero attached hydrogens (tertiary/aromatic N) is 1. The van der Waals surface area contributed by atoms with Gasteiger partial charge in [0.05, 0.1) is 11.4 Å². The second-order valence-electron chi connectivity index (χ2n) is 5.97. The van der Waals surface area contributed by atoms with Crippen LogP contribution < -0.4 is 0 Å². The quantitative estimate of drug-likeness (QED) is 0.496. The van der Waals surface area contributed by atoms with E-state index >= 15 is 0 Å². The molecular formula is C21H14BrNO2S. The topological polar surface area (TPSA) is 37.4 Å². The Morgan fingerprint density at radius 2 is 1.73 bits per heavy atom. The third kappa shape index (κ3) is 3.32. The standard InChI is InChI=1S/C21H14BrNO2S/c22-17-9-3-5-14(11-17)13-23-20(24)19(26-21(23)25)12-16-8-4-7-15-6-1-2-10-18(15)16/h1-12H,13H2/b19-12+. The van der Waals surface area contributed by atoms with E-state index in [1.807, 2.05) is 72.8 Å². The van der Waals surface area contributed by atoms with Crippen LogP contribution in [0.1, 0.15) is 11.1 Å². The van der Waals surface area contributed by atoms with Gasteiger partial charge in [0, 0.05) is 4.47 Å². The number of carbonyl (C=O) groups is 2. The number of amides is 2. The summed E-state index contributed by atoms with van der Waals surface area (Å²) in [6.07, 6.45) is 1.81. The molecule has 3 nitrogen and oxygen atoms in total. The molecule has 4 rings (SSSR count). The molecule has 2 amide bonds. The van der Waals surface area contributed by atoms with E-state index in [0.29, 0.717) is 4.91 Å². The molecule has 0 N–H and O–H groups in total. The van der Waals surface area contributed by atoms with Gasteiger partial charge in [0.2, 0.25) is 0 Å². The second kappa shape index (κ2) is 7.09. The number of imide groups is 1. The van der Waals surface area contributed by atoms with Gasteiger partial charge < -0.3 is 0 Å². The van der Waals surface area contributed by atoms with Gasteiger partial charge in [-0.3, -0.25) is 14.5 Å². The number of halogens is 1. The van der Waals surface area contributed by atoms with Crippen molar-refractivity contribution in [3.05, 3.63) is 87.2 Å². The number of hydrogen-bond donors (Lipinski definition) is 0. The average Bonchev–Trinajstić information content (AvgIpc) is 2.90. The Bertz CT molecular complexity index is 1060. The van der Waals surface area contributed by atoms with Crippen molar-refractivity contribution < 1.29 is 9.59 Å². The van der Waals surface area contributed by atoms with Crippen LogP contribution in [-0.4, -0.2) is 16.0 Å². The Morgan fingerprint density at radius 3 is 2.58 bits per heavy atom. The van der Waals surface area contributed by atoms with Crippen molar-refractivity contribution in [2.45, 2.75) is 6.54 Å². The van der Waals surface area contributed by atoms with Gasteiger partial charge in [-0.25, -0.2) is 0 Å². The highest BCUT2D eigenvalue weighted by molar-refractivity contribution is 9.10. The third-order valence-electron chi connectivity index (χ3n) is 4.21. The molecule has 0 atom stereocenters. The number of rotatable bonds is 3. The third-order valence-corrected chi connectivity index (χ3v) is 5.61. The lowest BCUT2D eigenvalue weighted by molar-refractivity contribution is -0.123. The molecule has 3 aromatic rings. The van der Waals surface area contributed by atoms with Gasteiger partial charge in [-0.2, -0.15) is 0 Å². The molecular weight excluding hydrogens is 410 g/mol. The van der Waals surface area contributed by atoms with Crippen LogP contribution in [0.15, 0.2) is 76.1 Å². The lowest BCUT2D eigenvalue weighted by Gasteiger charge is -2.12. The maximum absolute atomic E-state index is 12.7. The van der Waals surface area contributed by atoms with Gasteiger partial charge in [-0.05, 0) is 51.9 Å². The Balaban J connectivity index is 1.65. The molecule has 0 radical (unpaired) electrons. The number of benzene rings is 3. The van der Waals surface area contributed by atoms with Crippen molar-refractivity contribution in [1.82, 2.24) is 4.90 Å². The first-order valence-corrected chi connectivity index (χ1v) is 9.70. The number of fused-ring (bicyclic) bond motifs is 1.